The van der Waals surface area contributed by atoms with Gasteiger partial charge in [0.25, 0.3) is 5.91 Å². The molecule has 2 heterocycles. The van der Waals surface area contributed by atoms with Gasteiger partial charge in [-0.1, -0.05) is 26.0 Å². The first-order chi connectivity index (χ1) is 16.8. The number of nitrogens with zero attached hydrogens (tertiary/aromatic N) is 3. The highest BCUT2D eigenvalue weighted by atomic mass is 32.2. The largest absolute Gasteiger partial charge is 0.387 e. The smallest absolute Gasteiger partial charge is 0.268 e. The molecule has 1 aliphatic carbocycles. The summed E-state index contributed by atoms with van der Waals surface area (Å²) in [6.45, 7) is 6.03. The lowest BCUT2D eigenvalue weighted by Crippen LogP contribution is -2.32. The van der Waals surface area contributed by atoms with Crippen LogP contribution in [0, 0.1) is 24.1 Å². The van der Waals surface area contributed by atoms with Crippen LogP contribution in [0.4, 0.5) is 10.1 Å². The Bertz CT molecular complexity index is 1140. The lowest BCUT2D eigenvalue weighted by Gasteiger charge is -2.28. The van der Waals surface area contributed by atoms with Crippen molar-refractivity contribution in [3.63, 3.8) is 0 Å². The molecule has 0 spiro atoms. The Kier molecular flexibility index (Phi) is 8.77. The van der Waals surface area contributed by atoms with Crippen molar-refractivity contribution >= 4 is 35.8 Å². The van der Waals surface area contributed by atoms with Crippen LogP contribution in [0.5, 0.6) is 0 Å². The first-order valence-electron chi connectivity index (χ1n) is 11.9. The van der Waals surface area contributed by atoms with Crippen LogP contribution in [0.3, 0.4) is 0 Å². The van der Waals surface area contributed by atoms with E-state index in [1.54, 1.807) is 24.9 Å². The van der Waals surface area contributed by atoms with Crippen LogP contribution in [0.2, 0.25) is 0 Å². The first kappa shape index (κ1) is 26.5. The quantitative estimate of drug-likeness (QED) is 0.378. The predicted molar refractivity (Wildman–Crippen MR) is 143 cm³/mol. The number of fused-ring (bicyclic) bond motifs is 1. The van der Waals surface area contributed by atoms with E-state index in [0.29, 0.717) is 39.7 Å². The van der Waals surface area contributed by atoms with Gasteiger partial charge in [0.05, 0.1) is 11.7 Å². The normalized spacial score (nSPS) is 20.2. The van der Waals surface area contributed by atoms with Crippen LogP contribution >= 0.6 is 11.8 Å². The summed E-state index contributed by atoms with van der Waals surface area (Å²) in [6, 6.07) is 5.11. The fraction of sp³-hybridized carbons (Fsp3) is 0.423. The second-order valence-corrected chi connectivity index (χ2v) is 9.66. The highest BCUT2D eigenvalue weighted by molar-refractivity contribution is 8.00. The minimum atomic E-state index is -0.423. The molecule has 4 rings (SSSR count). The Morgan fingerprint density at radius 2 is 2.06 bits per heavy atom. The Morgan fingerprint density at radius 1 is 1.31 bits per heavy atom. The average molecular weight is 499 g/mol. The minimum absolute atomic E-state index is 0.0243. The monoisotopic (exact) mass is 498 g/mol. The van der Waals surface area contributed by atoms with Gasteiger partial charge in [-0.05, 0) is 31.5 Å². The molecule has 0 fully saturated rings. The maximum atomic E-state index is 14.4. The van der Waals surface area contributed by atoms with Crippen molar-refractivity contribution in [3.8, 4) is 0 Å². The summed E-state index contributed by atoms with van der Waals surface area (Å²) >= 11 is 1.76. The number of rotatable bonds is 7. The zero-order valence-corrected chi connectivity index (χ0v) is 22.0. The van der Waals surface area contributed by atoms with E-state index in [1.165, 1.54) is 6.07 Å². The Balaban J connectivity index is 0.00000167. The molecule has 2 aromatic rings. The highest BCUT2D eigenvalue weighted by Crippen LogP contribution is 2.37. The number of nitrogens with one attached hydrogen (secondary N) is 3. The molecule has 1 amide bonds. The molecule has 7 nitrogen and oxygen atoms in total. The number of halogens is 1. The van der Waals surface area contributed by atoms with Gasteiger partial charge in [0.2, 0.25) is 0 Å². The van der Waals surface area contributed by atoms with Crippen molar-refractivity contribution in [1.29, 1.82) is 5.41 Å². The molecule has 2 aliphatic rings. The van der Waals surface area contributed by atoms with Crippen molar-refractivity contribution in [2.75, 3.05) is 19.4 Å². The lowest BCUT2D eigenvalue weighted by atomic mass is 9.91. The molecule has 188 valence electrons. The fourth-order valence-corrected chi connectivity index (χ4v) is 5.73. The number of hydrazone groups is 1. The SMILES string of the molecule is CC.CNc1c(C=N)ccc(F)c1CNC(=O)c1cc(SC2C=CC3C(C=NN3C)C2)c(C)n1C. The van der Waals surface area contributed by atoms with E-state index in [-0.39, 0.29) is 12.5 Å². The van der Waals surface area contributed by atoms with Gasteiger partial charge in [0.15, 0.2) is 0 Å². The number of hydrogen-bond donors (Lipinski definition) is 3. The minimum Gasteiger partial charge on any atom is -0.387 e. The third kappa shape index (κ3) is 5.45. The molecule has 3 atom stereocenters. The van der Waals surface area contributed by atoms with Gasteiger partial charge in [-0.2, -0.15) is 5.10 Å². The Labute approximate surface area is 211 Å². The van der Waals surface area contributed by atoms with Crippen LogP contribution < -0.4 is 10.6 Å². The van der Waals surface area contributed by atoms with E-state index in [0.717, 1.165) is 23.2 Å². The summed E-state index contributed by atoms with van der Waals surface area (Å²) in [6.07, 6.45) is 8.66. The molecular weight excluding hydrogens is 463 g/mol. The standard InChI is InChI=1S/C24H29FN6OS.C2H6/c1-14-22(33-17-6-8-20-16(9-17)12-29-31(20)4)10-21(30(14)3)24(32)28-13-18-19(25)7-5-15(11-26)23(18)27-2;1-2/h5-8,10-12,16-17,20,26-27H,9,13H2,1-4H3,(H,28,32);1-2H3. The highest BCUT2D eigenvalue weighted by Gasteiger charge is 2.32. The zero-order chi connectivity index (χ0) is 25.7. The molecule has 1 aromatic heterocycles. The van der Waals surface area contributed by atoms with E-state index in [2.05, 4.69) is 27.9 Å². The van der Waals surface area contributed by atoms with Crippen LogP contribution in [0.25, 0.3) is 0 Å². The molecule has 1 aromatic carbocycles. The lowest BCUT2D eigenvalue weighted by molar-refractivity contribution is 0.0942. The number of benzene rings is 1. The number of hydrogen-bond acceptors (Lipinski definition) is 6. The molecule has 3 N–H and O–H groups in total. The second kappa shape index (κ2) is 11.6. The predicted octanol–water partition coefficient (Wildman–Crippen LogP) is 4.80. The van der Waals surface area contributed by atoms with Gasteiger partial charge in [0.1, 0.15) is 11.5 Å². The summed E-state index contributed by atoms with van der Waals surface area (Å²) in [5.41, 5.74) is 2.96. The molecule has 0 saturated heterocycles. The number of anilines is 1. The summed E-state index contributed by atoms with van der Waals surface area (Å²) in [7, 11) is 5.54. The van der Waals surface area contributed by atoms with Crippen LogP contribution in [0.1, 0.15) is 47.6 Å². The molecule has 0 bridgehead atoms. The van der Waals surface area contributed by atoms with Crippen LogP contribution in [0.15, 0.2) is 40.3 Å². The molecular formula is C26H35FN6OS. The van der Waals surface area contributed by atoms with E-state index in [4.69, 9.17) is 5.41 Å². The van der Waals surface area contributed by atoms with E-state index in [9.17, 15) is 9.18 Å². The van der Waals surface area contributed by atoms with Gasteiger partial charge in [-0.25, -0.2) is 4.39 Å². The summed E-state index contributed by atoms with van der Waals surface area (Å²) in [4.78, 5) is 14.0. The van der Waals surface area contributed by atoms with Crippen molar-refractivity contribution in [2.45, 2.75) is 49.9 Å². The van der Waals surface area contributed by atoms with Crippen molar-refractivity contribution in [1.82, 2.24) is 14.9 Å². The zero-order valence-electron chi connectivity index (χ0n) is 21.2. The number of aromatic nitrogens is 1. The third-order valence-corrected chi connectivity index (χ3v) is 7.78. The van der Waals surface area contributed by atoms with E-state index in [1.807, 2.05) is 56.7 Å². The summed E-state index contributed by atoms with van der Waals surface area (Å²) < 4.78 is 16.3. The number of likely N-dealkylation sites (N-methyl/N-ethyl adjacent to an activating group) is 1. The Morgan fingerprint density at radius 3 is 2.74 bits per heavy atom. The molecule has 3 unspecified atom stereocenters. The van der Waals surface area contributed by atoms with Gasteiger partial charge in [0, 0.05) is 73.0 Å². The Hall–Kier alpha value is -3.07. The second-order valence-electron chi connectivity index (χ2n) is 8.37. The molecule has 0 radical (unpaired) electrons. The number of carbonyl (C=O) groups excluding carboxylic acids is 1. The molecule has 35 heavy (non-hydrogen) atoms. The fourth-order valence-electron chi connectivity index (χ4n) is 4.43. The van der Waals surface area contributed by atoms with Gasteiger partial charge >= 0.3 is 0 Å². The van der Waals surface area contributed by atoms with Gasteiger partial charge < -0.3 is 20.6 Å². The maximum absolute atomic E-state index is 14.4. The van der Waals surface area contributed by atoms with E-state index >= 15 is 0 Å². The molecule has 1 aliphatic heterocycles. The number of thioether (sulfide) groups is 1. The third-order valence-electron chi connectivity index (χ3n) is 6.46. The summed E-state index contributed by atoms with van der Waals surface area (Å²) in [5, 5.41) is 20.0. The summed E-state index contributed by atoms with van der Waals surface area (Å²) in [5.74, 6) is -0.275. The van der Waals surface area contributed by atoms with Crippen molar-refractivity contribution < 1.29 is 9.18 Å². The molecule has 0 saturated carbocycles. The topological polar surface area (TPSA) is 85.5 Å². The number of amides is 1. The number of carbonyl (C=O) groups is 1. The van der Waals surface area contributed by atoms with Crippen molar-refractivity contribution in [3.05, 3.63) is 58.7 Å². The van der Waals surface area contributed by atoms with Gasteiger partial charge in [-0.15, -0.1) is 11.8 Å². The maximum Gasteiger partial charge on any atom is 0.268 e. The molecule has 9 heteroatoms. The van der Waals surface area contributed by atoms with E-state index < -0.39 is 5.82 Å². The average Bonchev–Trinajstić information content (AvgIpc) is 3.38. The van der Waals surface area contributed by atoms with Crippen LogP contribution in [-0.4, -0.2) is 53.3 Å². The van der Waals surface area contributed by atoms with Gasteiger partial charge in [-0.3, -0.25) is 9.80 Å². The van der Waals surface area contributed by atoms with Crippen molar-refractivity contribution in [2.24, 2.45) is 18.1 Å². The first-order valence-corrected chi connectivity index (χ1v) is 12.8. The van der Waals surface area contributed by atoms with Crippen LogP contribution in [-0.2, 0) is 13.6 Å².